The molecule has 1 unspecified atom stereocenters. The van der Waals surface area contributed by atoms with E-state index in [0.29, 0.717) is 13.0 Å². The van der Waals surface area contributed by atoms with Crippen LogP contribution in [-0.2, 0) is 4.79 Å². The van der Waals surface area contributed by atoms with Crippen LogP contribution in [0.15, 0.2) is 0 Å². The van der Waals surface area contributed by atoms with Crippen LogP contribution in [0.5, 0.6) is 0 Å². The lowest BCUT2D eigenvalue weighted by atomic mass is 9.82. The summed E-state index contributed by atoms with van der Waals surface area (Å²) in [4.78, 5) is 13.6. The molecule has 0 aromatic rings. The Bertz CT molecular complexity index is 213. The number of nitrogens with zero attached hydrogens (tertiary/aromatic N) is 1. The Kier molecular flexibility index (Phi) is 3.53. The Balaban J connectivity index is 2.46. The Morgan fingerprint density at radius 1 is 1.57 bits per heavy atom. The second-order valence-electron chi connectivity index (χ2n) is 5.22. The quantitative estimate of drug-likeness (QED) is 0.743. The predicted octanol–water partition coefficient (Wildman–Crippen LogP) is 1.26. The van der Waals surface area contributed by atoms with Crippen molar-refractivity contribution in [2.75, 3.05) is 19.7 Å². The van der Waals surface area contributed by atoms with Gasteiger partial charge in [-0.1, -0.05) is 20.8 Å². The molecule has 3 nitrogen and oxygen atoms in total. The molecule has 0 spiro atoms. The SMILES string of the molecule is CC(CO)CN1CCC(C)(C)CC1=O. The summed E-state index contributed by atoms with van der Waals surface area (Å²) in [5.41, 5.74) is 0.163. The number of aliphatic hydroxyl groups is 1. The largest absolute Gasteiger partial charge is 0.396 e. The molecule has 0 bridgehead atoms. The molecule has 1 saturated heterocycles. The number of piperidine rings is 1. The number of carbonyl (C=O) groups excluding carboxylic acids is 1. The number of rotatable bonds is 3. The molecule has 0 saturated carbocycles. The molecule has 1 fully saturated rings. The fourth-order valence-corrected chi connectivity index (χ4v) is 1.80. The van der Waals surface area contributed by atoms with Crippen LogP contribution in [-0.4, -0.2) is 35.6 Å². The molecule has 1 rings (SSSR count). The topological polar surface area (TPSA) is 40.5 Å². The third-order valence-corrected chi connectivity index (χ3v) is 2.88. The van der Waals surface area contributed by atoms with Crippen LogP contribution < -0.4 is 0 Å². The van der Waals surface area contributed by atoms with Crippen LogP contribution in [0, 0.1) is 11.3 Å². The van der Waals surface area contributed by atoms with Crippen molar-refractivity contribution in [1.82, 2.24) is 4.90 Å². The molecule has 1 aliphatic rings. The van der Waals surface area contributed by atoms with Gasteiger partial charge in [-0.25, -0.2) is 0 Å². The number of hydrogen-bond acceptors (Lipinski definition) is 2. The van der Waals surface area contributed by atoms with E-state index in [2.05, 4.69) is 13.8 Å². The average Bonchev–Trinajstić information content (AvgIpc) is 2.09. The fourth-order valence-electron chi connectivity index (χ4n) is 1.80. The lowest BCUT2D eigenvalue weighted by Crippen LogP contribution is -2.44. The summed E-state index contributed by atoms with van der Waals surface area (Å²) in [6.07, 6.45) is 1.71. The van der Waals surface area contributed by atoms with E-state index in [9.17, 15) is 4.79 Å². The number of aliphatic hydroxyl groups excluding tert-OH is 1. The van der Waals surface area contributed by atoms with Gasteiger partial charge in [-0.3, -0.25) is 4.79 Å². The molecule has 0 radical (unpaired) electrons. The van der Waals surface area contributed by atoms with Crippen LogP contribution in [0.4, 0.5) is 0 Å². The zero-order chi connectivity index (χ0) is 10.8. The normalized spacial score (nSPS) is 23.7. The predicted molar refractivity (Wildman–Crippen MR) is 55.8 cm³/mol. The van der Waals surface area contributed by atoms with Crippen molar-refractivity contribution in [1.29, 1.82) is 0 Å². The molecule has 1 heterocycles. The van der Waals surface area contributed by atoms with Crippen LogP contribution in [0.1, 0.15) is 33.6 Å². The van der Waals surface area contributed by atoms with E-state index in [0.717, 1.165) is 13.0 Å². The maximum atomic E-state index is 11.7. The molecule has 0 aliphatic carbocycles. The summed E-state index contributed by atoms with van der Waals surface area (Å²) < 4.78 is 0. The summed E-state index contributed by atoms with van der Waals surface area (Å²) in [5, 5.41) is 8.92. The van der Waals surface area contributed by atoms with E-state index >= 15 is 0 Å². The van der Waals surface area contributed by atoms with E-state index < -0.39 is 0 Å². The number of likely N-dealkylation sites (tertiary alicyclic amines) is 1. The second kappa shape index (κ2) is 4.30. The third-order valence-electron chi connectivity index (χ3n) is 2.88. The maximum absolute atomic E-state index is 11.7. The van der Waals surface area contributed by atoms with Crippen LogP contribution >= 0.6 is 0 Å². The first kappa shape index (κ1) is 11.5. The second-order valence-corrected chi connectivity index (χ2v) is 5.22. The summed E-state index contributed by atoms with van der Waals surface area (Å²) in [6, 6.07) is 0. The van der Waals surface area contributed by atoms with Gasteiger partial charge >= 0.3 is 0 Å². The van der Waals surface area contributed by atoms with Gasteiger partial charge in [0, 0.05) is 26.1 Å². The molecule has 0 aromatic carbocycles. The van der Waals surface area contributed by atoms with Crippen molar-refractivity contribution in [3.05, 3.63) is 0 Å². The van der Waals surface area contributed by atoms with Gasteiger partial charge < -0.3 is 10.0 Å². The number of amides is 1. The van der Waals surface area contributed by atoms with E-state index in [1.165, 1.54) is 0 Å². The van der Waals surface area contributed by atoms with Gasteiger partial charge in [-0.15, -0.1) is 0 Å². The third kappa shape index (κ3) is 2.98. The van der Waals surface area contributed by atoms with Crippen molar-refractivity contribution >= 4 is 5.91 Å². The first-order valence-electron chi connectivity index (χ1n) is 5.33. The first-order valence-corrected chi connectivity index (χ1v) is 5.33. The molecular formula is C11H21NO2. The summed E-state index contributed by atoms with van der Waals surface area (Å²) in [5.74, 6) is 0.432. The molecular weight excluding hydrogens is 178 g/mol. The van der Waals surface area contributed by atoms with Crippen molar-refractivity contribution in [2.45, 2.75) is 33.6 Å². The molecule has 14 heavy (non-hydrogen) atoms. The highest BCUT2D eigenvalue weighted by Crippen LogP contribution is 2.30. The molecule has 1 aliphatic heterocycles. The number of carbonyl (C=O) groups is 1. The van der Waals surface area contributed by atoms with Crippen molar-refractivity contribution in [2.24, 2.45) is 11.3 Å². The molecule has 1 atom stereocenters. The fraction of sp³-hybridized carbons (Fsp3) is 0.909. The van der Waals surface area contributed by atoms with Gasteiger partial charge in [-0.2, -0.15) is 0 Å². The average molecular weight is 199 g/mol. The Morgan fingerprint density at radius 2 is 2.21 bits per heavy atom. The molecule has 3 heteroatoms. The Labute approximate surface area is 86.1 Å². The van der Waals surface area contributed by atoms with Gasteiger partial charge in [0.25, 0.3) is 0 Å². The molecule has 0 aromatic heterocycles. The van der Waals surface area contributed by atoms with E-state index in [1.54, 1.807) is 0 Å². The smallest absolute Gasteiger partial charge is 0.223 e. The summed E-state index contributed by atoms with van der Waals surface area (Å²) in [6.45, 7) is 7.94. The number of hydrogen-bond donors (Lipinski definition) is 1. The minimum absolute atomic E-state index is 0.160. The zero-order valence-electron chi connectivity index (χ0n) is 9.42. The van der Waals surface area contributed by atoms with Crippen molar-refractivity contribution in [3.63, 3.8) is 0 Å². The lowest BCUT2D eigenvalue weighted by molar-refractivity contribution is -0.137. The minimum Gasteiger partial charge on any atom is -0.396 e. The van der Waals surface area contributed by atoms with Crippen LogP contribution in [0.3, 0.4) is 0 Å². The van der Waals surface area contributed by atoms with Crippen LogP contribution in [0.2, 0.25) is 0 Å². The highest BCUT2D eigenvalue weighted by atomic mass is 16.3. The molecule has 82 valence electrons. The van der Waals surface area contributed by atoms with Gasteiger partial charge in [-0.05, 0) is 17.8 Å². The zero-order valence-corrected chi connectivity index (χ0v) is 9.42. The van der Waals surface area contributed by atoms with E-state index in [-0.39, 0.29) is 23.8 Å². The molecule has 1 N–H and O–H groups in total. The van der Waals surface area contributed by atoms with Gasteiger partial charge in [0.15, 0.2) is 0 Å². The van der Waals surface area contributed by atoms with Gasteiger partial charge in [0.1, 0.15) is 0 Å². The minimum atomic E-state index is 0.160. The van der Waals surface area contributed by atoms with Crippen molar-refractivity contribution in [3.8, 4) is 0 Å². The van der Waals surface area contributed by atoms with Crippen LogP contribution in [0.25, 0.3) is 0 Å². The van der Waals surface area contributed by atoms with Crippen molar-refractivity contribution < 1.29 is 9.90 Å². The first-order chi connectivity index (χ1) is 6.44. The van der Waals surface area contributed by atoms with Gasteiger partial charge in [0.2, 0.25) is 5.91 Å². The van der Waals surface area contributed by atoms with E-state index in [1.807, 2.05) is 11.8 Å². The maximum Gasteiger partial charge on any atom is 0.223 e. The summed E-state index contributed by atoms with van der Waals surface area (Å²) >= 11 is 0. The Morgan fingerprint density at radius 3 is 2.71 bits per heavy atom. The standard InChI is InChI=1S/C11H21NO2/c1-9(8-13)7-12-5-4-11(2,3)6-10(12)14/h9,13H,4-8H2,1-3H3. The summed E-state index contributed by atoms with van der Waals surface area (Å²) in [7, 11) is 0. The monoisotopic (exact) mass is 199 g/mol. The lowest BCUT2D eigenvalue weighted by Gasteiger charge is -2.37. The van der Waals surface area contributed by atoms with E-state index in [4.69, 9.17) is 5.11 Å². The highest BCUT2D eigenvalue weighted by Gasteiger charge is 2.31. The molecule has 1 amide bonds. The highest BCUT2D eigenvalue weighted by molar-refractivity contribution is 5.77. The Hall–Kier alpha value is -0.570. The van der Waals surface area contributed by atoms with Gasteiger partial charge in [0.05, 0.1) is 0 Å².